The van der Waals surface area contributed by atoms with Crippen molar-refractivity contribution in [3.63, 3.8) is 0 Å². The van der Waals surface area contributed by atoms with E-state index in [0.717, 1.165) is 23.8 Å². The van der Waals surface area contributed by atoms with Crippen LogP contribution in [0, 0.1) is 10.1 Å². The average Bonchev–Trinajstić information content (AvgIpc) is 3.33. The summed E-state index contributed by atoms with van der Waals surface area (Å²) in [6.45, 7) is 1.06. The number of anilines is 1. The first-order valence-corrected chi connectivity index (χ1v) is 9.13. The number of imide groups is 1. The summed E-state index contributed by atoms with van der Waals surface area (Å²) in [7, 11) is 0. The van der Waals surface area contributed by atoms with Gasteiger partial charge >= 0.3 is 0 Å². The zero-order chi connectivity index (χ0) is 20.5. The number of nitrogens with zero attached hydrogens (tertiary/aromatic N) is 2. The molecule has 0 bridgehead atoms. The van der Waals surface area contributed by atoms with Crippen LogP contribution in [0.2, 0.25) is 0 Å². The molecule has 4 rings (SSSR count). The number of fused-ring (bicyclic) bond motifs is 1. The molecule has 2 aliphatic heterocycles. The molecule has 2 aromatic carbocycles. The van der Waals surface area contributed by atoms with Crippen molar-refractivity contribution in [1.29, 1.82) is 0 Å². The summed E-state index contributed by atoms with van der Waals surface area (Å²) in [5.74, 6) is -1.58. The fourth-order valence-corrected chi connectivity index (χ4v) is 3.48. The van der Waals surface area contributed by atoms with Crippen molar-refractivity contribution in [3.05, 3.63) is 69.3 Å². The molecule has 3 amide bonds. The highest BCUT2D eigenvalue weighted by atomic mass is 16.6. The van der Waals surface area contributed by atoms with E-state index in [1.807, 2.05) is 0 Å². The van der Waals surface area contributed by atoms with Gasteiger partial charge in [0.25, 0.3) is 23.4 Å². The number of non-ortho nitro benzene ring substituents is 1. The lowest BCUT2D eigenvalue weighted by atomic mass is 10.1. The van der Waals surface area contributed by atoms with Crippen molar-refractivity contribution in [2.24, 2.45) is 0 Å². The van der Waals surface area contributed by atoms with E-state index in [4.69, 9.17) is 4.74 Å². The van der Waals surface area contributed by atoms with Gasteiger partial charge in [-0.15, -0.1) is 0 Å². The standard InChI is InChI=1S/C20H17N3O6/c24-18(21-11-15-5-2-8-29-15)12-6-7-16-17(9-12)20(26)22(19(16)25)13-3-1-4-14(10-13)23(27)28/h1,3-4,6-7,9-10,15H,2,5,8,11H2,(H,21,24)/t15-/m0/s1. The topological polar surface area (TPSA) is 119 Å². The molecule has 0 radical (unpaired) electrons. The van der Waals surface area contributed by atoms with E-state index in [1.165, 1.54) is 36.4 Å². The average molecular weight is 395 g/mol. The highest BCUT2D eigenvalue weighted by Crippen LogP contribution is 2.31. The minimum atomic E-state index is -0.626. The van der Waals surface area contributed by atoms with Gasteiger partial charge < -0.3 is 10.1 Å². The molecule has 0 aliphatic carbocycles. The monoisotopic (exact) mass is 395 g/mol. The second-order valence-corrected chi connectivity index (χ2v) is 6.83. The van der Waals surface area contributed by atoms with Crippen molar-refractivity contribution < 1.29 is 24.0 Å². The number of rotatable bonds is 5. The van der Waals surface area contributed by atoms with Crippen LogP contribution in [0.1, 0.15) is 43.9 Å². The van der Waals surface area contributed by atoms with E-state index in [2.05, 4.69) is 5.32 Å². The van der Waals surface area contributed by atoms with Gasteiger partial charge in [0, 0.05) is 30.8 Å². The smallest absolute Gasteiger partial charge is 0.271 e. The van der Waals surface area contributed by atoms with E-state index in [1.54, 1.807) is 0 Å². The molecular formula is C20H17N3O6. The Balaban J connectivity index is 1.57. The Bertz CT molecular complexity index is 1030. The predicted octanol–water partition coefficient (Wildman–Crippen LogP) is 2.30. The summed E-state index contributed by atoms with van der Waals surface area (Å²) in [5, 5.41) is 13.8. The third-order valence-corrected chi connectivity index (χ3v) is 4.96. The number of hydrogen-bond acceptors (Lipinski definition) is 6. The maximum atomic E-state index is 12.8. The molecule has 0 unspecified atom stereocenters. The van der Waals surface area contributed by atoms with E-state index in [0.29, 0.717) is 13.2 Å². The number of carbonyl (C=O) groups excluding carboxylic acids is 3. The number of benzene rings is 2. The third kappa shape index (κ3) is 3.47. The molecule has 2 aromatic rings. The summed E-state index contributed by atoms with van der Waals surface area (Å²) in [4.78, 5) is 49.2. The molecule has 1 atom stereocenters. The van der Waals surface area contributed by atoms with Gasteiger partial charge in [-0.1, -0.05) is 6.07 Å². The minimum absolute atomic E-state index is 0.0130. The van der Waals surface area contributed by atoms with Crippen molar-refractivity contribution in [3.8, 4) is 0 Å². The number of hydrogen-bond donors (Lipinski definition) is 1. The van der Waals surface area contributed by atoms with E-state index >= 15 is 0 Å². The van der Waals surface area contributed by atoms with Crippen LogP contribution in [0.15, 0.2) is 42.5 Å². The van der Waals surface area contributed by atoms with Crippen LogP contribution < -0.4 is 10.2 Å². The van der Waals surface area contributed by atoms with Crippen LogP contribution in [0.25, 0.3) is 0 Å². The van der Waals surface area contributed by atoms with Crippen LogP contribution in [0.5, 0.6) is 0 Å². The molecule has 1 saturated heterocycles. The number of carbonyl (C=O) groups is 3. The molecule has 9 nitrogen and oxygen atoms in total. The van der Waals surface area contributed by atoms with Gasteiger partial charge in [0.2, 0.25) is 0 Å². The van der Waals surface area contributed by atoms with E-state index in [-0.39, 0.29) is 40.1 Å². The van der Waals surface area contributed by atoms with Gasteiger partial charge in [-0.25, -0.2) is 4.90 Å². The van der Waals surface area contributed by atoms with Crippen LogP contribution >= 0.6 is 0 Å². The molecule has 29 heavy (non-hydrogen) atoms. The molecule has 148 valence electrons. The summed E-state index contributed by atoms with van der Waals surface area (Å²) in [5.41, 5.74) is 0.371. The van der Waals surface area contributed by atoms with Gasteiger partial charge in [0.1, 0.15) is 0 Å². The molecule has 0 aromatic heterocycles. The van der Waals surface area contributed by atoms with Crippen LogP contribution in [0.4, 0.5) is 11.4 Å². The molecule has 1 fully saturated rings. The second kappa shape index (κ2) is 7.44. The van der Waals surface area contributed by atoms with Gasteiger partial charge in [0.05, 0.1) is 27.8 Å². The molecule has 2 heterocycles. The number of ether oxygens (including phenoxy) is 1. The van der Waals surface area contributed by atoms with Crippen molar-refractivity contribution in [1.82, 2.24) is 5.32 Å². The summed E-state index contributed by atoms with van der Waals surface area (Å²) < 4.78 is 5.47. The highest BCUT2D eigenvalue weighted by molar-refractivity contribution is 6.34. The largest absolute Gasteiger partial charge is 0.376 e. The zero-order valence-electron chi connectivity index (χ0n) is 15.3. The molecule has 1 N–H and O–H groups in total. The fourth-order valence-electron chi connectivity index (χ4n) is 3.48. The van der Waals surface area contributed by atoms with Gasteiger partial charge in [-0.05, 0) is 37.1 Å². The fraction of sp³-hybridized carbons (Fsp3) is 0.250. The quantitative estimate of drug-likeness (QED) is 0.471. The molecule has 2 aliphatic rings. The minimum Gasteiger partial charge on any atom is -0.376 e. The lowest BCUT2D eigenvalue weighted by Crippen LogP contribution is -2.31. The van der Waals surface area contributed by atoms with Crippen LogP contribution in [-0.2, 0) is 4.74 Å². The Morgan fingerprint density at radius 2 is 1.97 bits per heavy atom. The first-order valence-electron chi connectivity index (χ1n) is 9.13. The maximum absolute atomic E-state index is 12.8. The predicted molar refractivity (Wildman–Crippen MR) is 102 cm³/mol. The Morgan fingerprint density at radius 3 is 2.69 bits per heavy atom. The lowest BCUT2D eigenvalue weighted by molar-refractivity contribution is -0.384. The molecule has 9 heteroatoms. The Labute approximate surface area is 165 Å². The van der Waals surface area contributed by atoms with Crippen molar-refractivity contribution >= 4 is 29.1 Å². The summed E-state index contributed by atoms with van der Waals surface area (Å²) in [6.07, 6.45) is 1.83. The van der Waals surface area contributed by atoms with E-state index < -0.39 is 16.7 Å². The normalized spacial score (nSPS) is 18.1. The van der Waals surface area contributed by atoms with Crippen molar-refractivity contribution in [2.45, 2.75) is 18.9 Å². The van der Waals surface area contributed by atoms with Crippen LogP contribution in [-0.4, -0.2) is 41.9 Å². The molecule has 0 saturated carbocycles. The lowest BCUT2D eigenvalue weighted by Gasteiger charge is -2.13. The number of nitro benzene ring substituents is 1. The second-order valence-electron chi connectivity index (χ2n) is 6.83. The first-order chi connectivity index (χ1) is 14.0. The number of nitro groups is 1. The van der Waals surface area contributed by atoms with E-state index in [9.17, 15) is 24.5 Å². The molecule has 0 spiro atoms. The maximum Gasteiger partial charge on any atom is 0.271 e. The van der Waals surface area contributed by atoms with Crippen LogP contribution in [0.3, 0.4) is 0 Å². The summed E-state index contributed by atoms with van der Waals surface area (Å²) >= 11 is 0. The zero-order valence-corrected chi connectivity index (χ0v) is 15.3. The van der Waals surface area contributed by atoms with Crippen molar-refractivity contribution in [2.75, 3.05) is 18.1 Å². The van der Waals surface area contributed by atoms with Gasteiger partial charge in [-0.3, -0.25) is 24.5 Å². The SMILES string of the molecule is O=C(NC[C@@H]1CCCO1)c1ccc2c(c1)C(=O)N(c1cccc([N+](=O)[O-])c1)C2=O. The van der Waals surface area contributed by atoms with Gasteiger partial charge in [0.15, 0.2) is 0 Å². The molecular weight excluding hydrogens is 378 g/mol. The number of amides is 3. The Hall–Kier alpha value is -3.59. The number of nitrogens with one attached hydrogen (secondary N) is 1. The Kier molecular flexibility index (Phi) is 4.81. The van der Waals surface area contributed by atoms with Gasteiger partial charge in [-0.2, -0.15) is 0 Å². The third-order valence-electron chi connectivity index (χ3n) is 4.96. The highest BCUT2D eigenvalue weighted by Gasteiger charge is 2.37. The summed E-state index contributed by atoms with van der Waals surface area (Å²) in [6, 6.07) is 9.57. The first kappa shape index (κ1) is 18.8. The Morgan fingerprint density at radius 1 is 1.17 bits per heavy atom.